The Labute approximate surface area is 154 Å². The van der Waals surface area contributed by atoms with Gasteiger partial charge in [0.25, 0.3) is 0 Å². The minimum Gasteiger partial charge on any atom is -0.469 e. The van der Waals surface area contributed by atoms with Crippen LogP contribution in [-0.4, -0.2) is 37.5 Å². The second-order valence-electron chi connectivity index (χ2n) is 6.60. The van der Waals surface area contributed by atoms with Crippen LogP contribution in [0.4, 0.5) is 5.69 Å². The molecule has 0 unspecified atom stereocenters. The summed E-state index contributed by atoms with van der Waals surface area (Å²) in [7, 11) is 3.41. The molecule has 0 saturated carbocycles. The summed E-state index contributed by atoms with van der Waals surface area (Å²) in [4.78, 5) is 25.7. The number of anilines is 1. The van der Waals surface area contributed by atoms with Gasteiger partial charge in [-0.3, -0.25) is 9.59 Å². The van der Waals surface area contributed by atoms with Crippen molar-refractivity contribution in [1.29, 1.82) is 0 Å². The summed E-state index contributed by atoms with van der Waals surface area (Å²) in [5.74, 6) is -0.542. The van der Waals surface area contributed by atoms with Gasteiger partial charge in [-0.05, 0) is 41.8 Å². The minimum absolute atomic E-state index is 0.0898. The number of hydrogen-bond acceptors (Lipinski definition) is 4. The summed E-state index contributed by atoms with van der Waals surface area (Å²) in [5, 5.41) is 2.98. The number of amides is 1. The van der Waals surface area contributed by atoms with Crippen LogP contribution < -0.4 is 5.32 Å². The van der Waals surface area contributed by atoms with E-state index in [4.69, 9.17) is 0 Å². The van der Waals surface area contributed by atoms with Crippen molar-refractivity contribution in [3.63, 3.8) is 0 Å². The second-order valence-corrected chi connectivity index (χ2v) is 6.60. The van der Waals surface area contributed by atoms with E-state index in [-0.39, 0.29) is 24.7 Å². The standard InChI is InChI=1S/C21H24N2O3/c1-23-13-12-17-16(15-6-4-3-5-7-15)8-9-19(18(17)14-23)22-20(24)10-11-21(25)26-2/h3-9H,10-14H2,1-2H3,(H,22,24). The molecule has 0 fully saturated rings. The third-order valence-electron chi connectivity index (χ3n) is 4.75. The molecule has 26 heavy (non-hydrogen) atoms. The van der Waals surface area contributed by atoms with Gasteiger partial charge in [-0.2, -0.15) is 0 Å². The van der Waals surface area contributed by atoms with Crippen molar-refractivity contribution >= 4 is 17.6 Å². The summed E-state index contributed by atoms with van der Waals surface area (Å²) >= 11 is 0. The molecular weight excluding hydrogens is 328 g/mol. The number of hydrogen-bond donors (Lipinski definition) is 1. The highest BCUT2D eigenvalue weighted by molar-refractivity contribution is 5.94. The van der Waals surface area contributed by atoms with E-state index in [2.05, 4.69) is 40.2 Å². The zero-order chi connectivity index (χ0) is 18.5. The van der Waals surface area contributed by atoms with Gasteiger partial charge in [0.1, 0.15) is 0 Å². The minimum atomic E-state index is -0.374. The van der Waals surface area contributed by atoms with Crippen LogP contribution in [0.3, 0.4) is 0 Å². The smallest absolute Gasteiger partial charge is 0.306 e. The van der Waals surface area contributed by atoms with E-state index >= 15 is 0 Å². The molecule has 1 heterocycles. The summed E-state index contributed by atoms with van der Waals surface area (Å²) in [6.45, 7) is 1.79. The van der Waals surface area contributed by atoms with Crippen LogP contribution in [0.1, 0.15) is 24.0 Å². The van der Waals surface area contributed by atoms with Crippen LogP contribution in [0.5, 0.6) is 0 Å². The molecular formula is C21H24N2O3. The molecule has 2 aromatic rings. The van der Waals surface area contributed by atoms with Crippen molar-refractivity contribution < 1.29 is 14.3 Å². The molecule has 0 spiro atoms. The Balaban J connectivity index is 1.87. The van der Waals surface area contributed by atoms with Crippen LogP contribution in [-0.2, 0) is 27.3 Å². The maximum absolute atomic E-state index is 12.2. The highest BCUT2D eigenvalue weighted by Gasteiger charge is 2.21. The highest BCUT2D eigenvalue weighted by atomic mass is 16.5. The Morgan fingerprint density at radius 3 is 2.58 bits per heavy atom. The topological polar surface area (TPSA) is 58.6 Å². The van der Waals surface area contributed by atoms with Gasteiger partial charge >= 0.3 is 5.97 Å². The van der Waals surface area contributed by atoms with E-state index in [1.165, 1.54) is 23.8 Å². The maximum atomic E-state index is 12.2. The average Bonchev–Trinajstić information content (AvgIpc) is 2.67. The summed E-state index contributed by atoms with van der Waals surface area (Å²) in [6.07, 6.45) is 1.16. The summed E-state index contributed by atoms with van der Waals surface area (Å²) < 4.78 is 4.59. The van der Waals surface area contributed by atoms with Gasteiger partial charge in [0.2, 0.25) is 5.91 Å². The van der Waals surface area contributed by atoms with E-state index in [1.54, 1.807) is 0 Å². The molecule has 0 atom stereocenters. The predicted molar refractivity (Wildman–Crippen MR) is 102 cm³/mol. The number of benzene rings is 2. The van der Waals surface area contributed by atoms with E-state index < -0.39 is 0 Å². The molecule has 2 aromatic carbocycles. The molecule has 3 rings (SSSR count). The monoisotopic (exact) mass is 352 g/mol. The Bertz CT molecular complexity index is 802. The van der Waals surface area contributed by atoms with Crippen molar-refractivity contribution in [2.75, 3.05) is 26.0 Å². The number of rotatable bonds is 5. The first kappa shape index (κ1) is 18.1. The second kappa shape index (κ2) is 8.15. The lowest BCUT2D eigenvalue weighted by Gasteiger charge is -2.29. The van der Waals surface area contributed by atoms with E-state index in [0.29, 0.717) is 0 Å². The Hall–Kier alpha value is -2.66. The van der Waals surface area contributed by atoms with Crippen molar-refractivity contribution in [2.24, 2.45) is 0 Å². The van der Waals surface area contributed by atoms with Crippen LogP contribution in [0.2, 0.25) is 0 Å². The van der Waals surface area contributed by atoms with Crippen LogP contribution in [0.15, 0.2) is 42.5 Å². The molecule has 1 amide bonds. The lowest BCUT2D eigenvalue weighted by molar-refractivity contribution is -0.141. The quantitative estimate of drug-likeness (QED) is 0.840. The average molecular weight is 352 g/mol. The number of nitrogens with zero attached hydrogens (tertiary/aromatic N) is 1. The number of carbonyl (C=O) groups is 2. The van der Waals surface area contributed by atoms with Crippen molar-refractivity contribution in [3.8, 4) is 11.1 Å². The Morgan fingerprint density at radius 2 is 1.85 bits per heavy atom. The first-order valence-electron chi connectivity index (χ1n) is 8.84. The number of likely N-dealkylation sites (N-methyl/N-ethyl adjacent to an activating group) is 1. The number of esters is 1. The number of fused-ring (bicyclic) bond motifs is 1. The third-order valence-corrected chi connectivity index (χ3v) is 4.75. The van der Waals surface area contributed by atoms with E-state index in [0.717, 1.165) is 30.8 Å². The van der Waals surface area contributed by atoms with Crippen LogP contribution in [0, 0.1) is 0 Å². The Morgan fingerprint density at radius 1 is 1.08 bits per heavy atom. The number of methoxy groups -OCH3 is 1. The molecule has 5 nitrogen and oxygen atoms in total. The molecule has 0 radical (unpaired) electrons. The van der Waals surface area contributed by atoms with Crippen molar-refractivity contribution in [2.45, 2.75) is 25.8 Å². The SMILES string of the molecule is COC(=O)CCC(=O)Nc1ccc(-c2ccccc2)c2c1CN(C)CC2. The number of nitrogens with one attached hydrogen (secondary N) is 1. The number of carbonyl (C=O) groups excluding carboxylic acids is 2. The van der Waals surface area contributed by atoms with Gasteiger partial charge in [-0.15, -0.1) is 0 Å². The van der Waals surface area contributed by atoms with Gasteiger partial charge in [0.15, 0.2) is 0 Å². The van der Waals surface area contributed by atoms with Gasteiger partial charge < -0.3 is 15.0 Å². The molecule has 136 valence electrons. The van der Waals surface area contributed by atoms with Gasteiger partial charge in [-0.25, -0.2) is 0 Å². The van der Waals surface area contributed by atoms with E-state index in [9.17, 15) is 9.59 Å². The fraction of sp³-hybridized carbons (Fsp3) is 0.333. The molecule has 5 heteroatoms. The first-order chi connectivity index (χ1) is 12.6. The van der Waals surface area contributed by atoms with Gasteiger partial charge in [-0.1, -0.05) is 36.4 Å². The highest BCUT2D eigenvalue weighted by Crippen LogP contribution is 2.34. The van der Waals surface area contributed by atoms with Crippen molar-refractivity contribution in [3.05, 3.63) is 53.6 Å². The normalized spacial score (nSPS) is 13.8. The van der Waals surface area contributed by atoms with E-state index in [1.807, 2.05) is 24.3 Å². The molecule has 0 saturated heterocycles. The lowest BCUT2D eigenvalue weighted by atomic mass is 9.89. The fourth-order valence-corrected chi connectivity index (χ4v) is 3.35. The molecule has 1 N–H and O–H groups in total. The van der Waals surface area contributed by atoms with Crippen molar-refractivity contribution in [1.82, 2.24) is 4.90 Å². The fourth-order valence-electron chi connectivity index (χ4n) is 3.35. The predicted octanol–water partition coefficient (Wildman–Crippen LogP) is 3.23. The first-order valence-corrected chi connectivity index (χ1v) is 8.84. The third kappa shape index (κ3) is 4.11. The van der Waals surface area contributed by atoms with Crippen LogP contribution >= 0.6 is 0 Å². The molecule has 0 aliphatic carbocycles. The Kier molecular flexibility index (Phi) is 5.68. The molecule has 0 bridgehead atoms. The molecule has 1 aliphatic rings. The molecule has 0 aromatic heterocycles. The maximum Gasteiger partial charge on any atom is 0.306 e. The number of ether oxygens (including phenoxy) is 1. The van der Waals surface area contributed by atoms with Gasteiger partial charge in [0, 0.05) is 25.2 Å². The largest absolute Gasteiger partial charge is 0.469 e. The summed E-state index contributed by atoms with van der Waals surface area (Å²) in [6, 6.07) is 14.4. The van der Waals surface area contributed by atoms with Crippen LogP contribution in [0.25, 0.3) is 11.1 Å². The summed E-state index contributed by atoms with van der Waals surface area (Å²) in [5.41, 5.74) is 5.70. The zero-order valence-corrected chi connectivity index (χ0v) is 15.2. The zero-order valence-electron chi connectivity index (χ0n) is 15.2. The van der Waals surface area contributed by atoms with Gasteiger partial charge in [0.05, 0.1) is 13.5 Å². The molecule has 1 aliphatic heterocycles. The lowest BCUT2D eigenvalue weighted by Crippen LogP contribution is -2.28.